The van der Waals surface area contributed by atoms with Gasteiger partial charge >= 0.3 is 0 Å². The van der Waals surface area contributed by atoms with Gasteiger partial charge in [-0.3, -0.25) is 0 Å². The number of halogens is 2. The lowest BCUT2D eigenvalue weighted by atomic mass is 10.1. The molecule has 0 N–H and O–H groups in total. The molecule has 2 aromatic rings. The zero-order valence-corrected chi connectivity index (χ0v) is 13.6. The number of nitrogens with zero attached hydrogens (tertiary/aromatic N) is 1. The molecule has 0 aliphatic carbocycles. The maximum absolute atomic E-state index is 13.9. The van der Waals surface area contributed by atoms with Crippen LogP contribution >= 0.6 is 10.7 Å². The molecule has 0 fully saturated rings. The van der Waals surface area contributed by atoms with Crippen molar-refractivity contribution in [3.8, 4) is 0 Å². The molecule has 0 atom stereocenters. The fraction of sp³-hybridized carbons (Fsp3) is 0.467. The van der Waals surface area contributed by atoms with Crippen LogP contribution in [0, 0.1) is 5.82 Å². The van der Waals surface area contributed by atoms with Crippen LogP contribution in [0.1, 0.15) is 39.0 Å². The second-order valence-electron chi connectivity index (χ2n) is 5.17. The van der Waals surface area contributed by atoms with Crippen molar-refractivity contribution in [1.82, 2.24) is 4.57 Å². The lowest BCUT2D eigenvalue weighted by Crippen LogP contribution is -1.96. The summed E-state index contributed by atoms with van der Waals surface area (Å²) >= 11 is 0. The Bertz CT molecular complexity index is 725. The standard InChI is InChI=1S/C15H19ClFNO2S/c1-2-3-4-5-6-10-18-11-14(21(16,19)20)15-12(17)8-7-9-13(15)18/h7-9,11H,2-6,10H2,1H3. The van der Waals surface area contributed by atoms with Crippen molar-refractivity contribution in [3.05, 3.63) is 30.2 Å². The summed E-state index contributed by atoms with van der Waals surface area (Å²) in [7, 11) is 1.46. The van der Waals surface area contributed by atoms with Gasteiger partial charge in [-0.1, -0.05) is 38.7 Å². The molecule has 2 rings (SSSR count). The number of rotatable bonds is 7. The van der Waals surface area contributed by atoms with Crippen LogP contribution in [0.4, 0.5) is 4.39 Å². The molecule has 116 valence electrons. The summed E-state index contributed by atoms with van der Waals surface area (Å²) in [6.45, 7) is 2.82. The highest BCUT2D eigenvalue weighted by atomic mass is 35.7. The fourth-order valence-electron chi connectivity index (χ4n) is 2.53. The zero-order valence-electron chi connectivity index (χ0n) is 12.0. The molecule has 6 heteroatoms. The van der Waals surface area contributed by atoms with Crippen molar-refractivity contribution in [1.29, 1.82) is 0 Å². The number of unbranched alkanes of at least 4 members (excludes halogenated alkanes) is 4. The molecule has 1 aromatic carbocycles. The Morgan fingerprint density at radius 2 is 1.90 bits per heavy atom. The minimum atomic E-state index is -3.96. The van der Waals surface area contributed by atoms with Gasteiger partial charge in [-0.25, -0.2) is 12.8 Å². The van der Waals surface area contributed by atoms with E-state index in [1.165, 1.54) is 25.1 Å². The van der Waals surface area contributed by atoms with E-state index in [2.05, 4.69) is 6.92 Å². The third-order valence-electron chi connectivity index (χ3n) is 3.59. The summed E-state index contributed by atoms with van der Waals surface area (Å²) in [5.74, 6) is -0.559. The number of fused-ring (bicyclic) bond motifs is 1. The minimum absolute atomic E-state index is 0.0843. The Labute approximate surface area is 129 Å². The van der Waals surface area contributed by atoms with Crippen LogP contribution < -0.4 is 0 Å². The van der Waals surface area contributed by atoms with Gasteiger partial charge in [-0.2, -0.15) is 0 Å². The van der Waals surface area contributed by atoms with E-state index in [4.69, 9.17) is 10.7 Å². The van der Waals surface area contributed by atoms with E-state index in [0.717, 1.165) is 19.3 Å². The lowest BCUT2D eigenvalue weighted by Gasteiger charge is -2.05. The molecular formula is C15H19ClFNO2S. The van der Waals surface area contributed by atoms with Crippen molar-refractivity contribution >= 4 is 30.6 Å². The van der Waals surface area contributed by atoms with E-state index in [1.807, 2.05) is 0 Å². The van der Waals surface area contributed by atoms with Crippen LogP contribution in [-0.4, -0.2) is 13.0 Å². The Kier molecular flexibility index (Phi) is 5.27. The quantitative estimate of drug-likeness (QED) is 0.546. The largest absolute Gasteiger partial charge is 0.346 e. The van der Waals surface area contributed by atoms with Gasteiger partial charge in [0.25, 0.3) is 9.05 Å². The van der Waals surface area contributed by atoms with Crippen LogP contribution in [0.3, 0.4) is 0 Å². The lowest BCUT2D eigenvalue weighted by molar-refractivity contribution is 0.575. The van der Waals surface area contributed by atoms with E-state index < -0.39 is 14.9 Å². The van der Waals surface area contributed by atoms with Crippen LogP contribution in [0.5, 0.6) is 0 Å². The van der Waals surface area contributed by atoms with Crippen molar-refractivity contribution in [2.75, 3.05) is 0 Å². The third kappa shape index (κ3) is 3.77. The molecule has 0 amide bonds. The van der Waals surface area contributed by atoms with Gasteiger partial charge in [0.1, 0.15) is 10.7 Å². The first kappa shape index (κ1) is 16.3. The monoisotopic (exact) mass is 331 g/mol. The maximum Gasteiger partial charge on any atom is 0.263 e. The van der Waals surface area contributed by atoms with Gasteiger partial charge in [-0.05, 0) is 18.6 Å². The minimum Gasteiger partial charge on any atom is -0.346 e. The number of aromatic nitrogens is 1. The van der Waals surface area contributed by atoms with Gasteiger partial charge in [-0.15, -0.1) is 0 Å². The number of hydrogen-bond donors (Lipinski definition) is 0. The molecule has 0 spiro atoms. The number of hydrogen-bond acceptors (Lipinski definition) is 2. The van der Waals surface area contributed by atoms with E-state index in [1.54, 1.807) is 16.7 Å². The third-order valence-corrected chi connectivity index (χ3v) is 4.92. The van der Waals surface area contributed by atoms with Crippen LogP contribution in [0.25, 0.3) is 10.9 Å². The Morgan fingerprint density at radius 3 is 2.57 bits per heavy atom. The van der Waals surface area contributed by atoms with Crippen molar-refractivity contribution in [3.63, 3.8) is 0 Å². The Hall–Kier alpha value is -1.07. The van der Waals surface area contributed by atoms with Crippen molar-refractivity contribution in [2.45, 2.75) is 50.5 Å². The molecule has 1 heterocycles. The molecule has 0 aliphatic rings. The number of benzene rings is 1. The van der Waals surface area contributed by atoms with Gasteiger partial charge in [0.2, 0.25) is 0 Å². The highest BCUT2D eigenvalue weighted by Crippen LogP contribution is 2.30. The highest BCUT2D eigenvalue weighted by molar-refractivity contribution is 8.14. The molecule has 0 bridgehead atoms. The molecule has 3 nitrogen and oxygen atoms in total. The molecule has 0 unspecified atom stereocenters. The molecule has 0 aliphatic heterocycles. The predicted octanol–water partition coefficient (Wildman–Crippen LogP) is 4.68. The zero-order chi connectivity index (χ0) is 15.5. The molecule has 21 heavy (non-hydrogen) atoms. The predicted molar refractivity (Wildman–Crippen MR) is 83.7 cm³/mol. The average Bonchev–Trinajstić information content (AvgIpc) is 2.79. The van der Waals surface area contributed by atoms with Gasteiger partial charge in [0.15, 0.2) is 0 Å². The van der Waals surface area contributed by atoms with E-state index in [-0.39, 0.29) is 10.3 Å². The Balaban J connectivity index is 2.31. The summed E-state index contributed by atoms with van der Waals surface area (Å²) in [4.78, 5) is -0.147. The van der Waals surface area contributed by atoms with E-state index >= 15 is 0 Å². The molecule has 0 saturated heterocycles. The van der Waals surface area contributed by atoms with E-state index in [9.17, 15) is 12.8 Å². The van der Waals surface area contributed by atoms with Gasteiger partial charge in [0.05, 0.1) is 10.9 Å². The second kappa shape index (κ2) is 6.79. The summed E-state index contributed by atoms with van der Waals surface area (Å²) in [5, 5.41) is 0.0843. The molecule has 0 radical (unpaired) electrons. The molecule has 1 aromatic heterocycles. The fourth-order valence-corrected chi connectivity index (χ4v) is 3.58. The first-order valence-corrected chi connectivity index (χ1v) is 9.48. The summed E-state index contributed by atoms with van der Waals surface area (Å²) in [6, 6.07) is 4.55. The SMILES string of the molecule is CCCCCCCn1cc(S(=O)(=O)Cl)c2c(F)cccc21. The highest BCUT2D eigenvalue weighted by Gasteiger charge is 2.21. The van der Waals surface area contributed by atoms with Gasteiger partial charge < -0.3 is 4.57 Å². The average molecular weight is 332 g/mol. The summed E-state index contributed by atoms with van der Waals surface area (Å²) in [6.07, 6.45) is 6.98. The van der Waals surface area contributed by atoms with Crippen molar-refractivity contribution < 1.29 is 12.8 Å². The molecular weight excluding hydrogens is 313 g/mol. The topological polar surface area (TPSA) is 39.1 Å². The number of aryl methyl sites for hydroxylation is 1. The van der Waals surface area contributed by atoms with Crippen LogP contribution in [0.2, 0.25) is 0 Å². The smallest absolute Gasteiger partial charge is 0.263 e. The summed E-state index contributed by atoms with van der Waals surface area (Å²) < 4.78 is 38.9. The van der Waals surface area contributed by atoms with Crippen LogP contribution in [-0.2, 0) is 15.6 Å². The van der Waals surface area contributed by atoms with Crippen LogP contribution in [0.15, 0.2) is 29.3 Å². The normalized spacial score (nSPS) is 12.1. The van der Waals surface area contributed by atoms with Crippen molar-refractivity contribution in [2.24, 2.45) is 0 Å². The summed E-state index contributed by atoms with van der Waals surface area (Å²) in [5.41, 5.74) is 0.574. The first-order chi connectivity index (χ1) is 9.95. The Morgan fingerprint density at radius 1 is 1.19 bits per heavy atom. The maximum atomic E-state index is 13.9. The first-order valence-electron chi connectivity index (χ1n) is 7.17. The van der Waals surface area contributed by atoms with E-state index in [0.29, 0.717) is 12.1 Å². The second-order valence-corrected chi connectivity index (χ2v) is 7.71. The molecule has 0 saturated carbocycles. The van der Waals surface area contributed by atoms with Gasteiger partial charge in [0, 0.05) is 23.4 Å².